The van der Waals surface area contributed by atoms with E-state index in [1.807, 2.05) is 7.05 Å². The van der Waals surface area contributed by atoms with E-state index in [-0.39, 0.29) is 0 Å². The van der Waals surface area contributed by atoms with Crippen molar-refractivity contribution in [1.82, 2.24) is 9.97 Å². The lowest BCUT2D eigenvalue weighted by molar-refractivity contribution is 0.320. The molecular formula is C13H21ClN4. The van der Waals surface area contributed by atoms with Gasteiger partial charge in [-0.25, -0.2) is 4.98 Å². The molecule has 4 nitrogen and oxygen atoms in total. The van der Waals surface area contributed by atoms with Crippen LogP contribution >= 0.6 is 11.6 Å². The molecule has 1 aliphatic rings. The van der Waals surface area contributed by atoms with Crippen molar-refractivity contribution in [3.05, 3.63) is 11.2 Å². The zero-order valence-electron chi connectivity index (χ0n) is 11.3. The molecule has 1 N–H and O–H groups in total. The van der Waals surface area contributed by atoms with Crippen LogP contribution in [0.3, 0.4) is 0 Å². The summed E-state index contributed by atoms with van der Waals surface area (Å²) in [6.07, 6.45) is 6.80. The number of halogens is 1. The average Bonchev–Trinajstić information content (AvgIpc) is 2.39. The van der Waals surface area contributed by atoms with Gasteiger partial charge in [0.2, 0.25) is 5.95 Å². The van der Waals surface area contributed by atoms with Crippen molar-refractivity contribution in [1.29, 1.82) is 0 Å². The minimum absolute atomic E-state index is 0.524. The van der Waals surface area contributed by atoms with Crippen LogP contribution in [0.5, 0.6) is 0 Å². The van der Waals surface area contributed by atoms with Crippen molar-refractivity contribution in [3.63, 3.8) is 0 Å². The standard InChI is InChI=1S/C13H21ClN4/c1-9-6-4-5-7-11(9)18(3)12-10(14)8-16-13(15-2)17-12/h8-9,11H,4-7H2,1-3H3,(H,15,16,17). The third-order valence-electron chi connectivity index (χ3n) is 3.85. The SMILES string of the molecule is CNc1ncc(Cl)c(N(C)C2CCCCC2C)n1. The molecule has 0 saturated heterocycles. The summed E-state index contributed by atoms with van der Waals surface area (Å²) >= 11 is 6.22. The molecule has 5 heteroatoms. The van der Waals surface area contributed by atoms with Crippen molar-refractivity contribution in [3.8, 4) is 0 Å². The molecule has 2 rings (SSSR count). The predicted octanol–water partition coefficient (Wildman–Crippen LogP) is 3.19. The maximum Gasteiger partial charge on any atom is 0.224 e. The highest BCUT2D eigenvalue weighted by Gasteiger charge is 2.27. The quantitative estimate of drug-likeness (QED) is 0.914. The van der Waals surface area contributed by atoms with Crippen LogP contribution in [0.4, 0.5) is 11.8 Å². The lowest BCUT2D eigenvalue weighted by Crippen LogP contribution is -2.39. The Morgan fingerprint density at radius 2 is 2.11 bits per heavy atom. The van der Waals surface area contributed by atoms with E-state index in [9.17, 15) is 0 Å². The average molecular weight is 269 g/mol. The first-order chi connectivity index (χ1) is 8.63. The van der Waals surface area contributed by atoms with Gasteiger partial charge in [-0.05, 0) is 18.8 Å². The zero-order valence-corrected chi connectivity index (χ0v) is 12.0. The normalized spacial score (nSPS) is 23.8. The minimum Gasteiger partial charge on any atom is -0.357 e. The number of aromatic nitrogens is 2. The topological polar surface area (TPSA) is 41.1 Å². The molecule has 0 radical (unpaired) electrons. The molecule has 2 unspecified atom stereocenters. The molecule has 0 aromatic carbocycles. The summed E-state index contributed by atoms with van der Waals surface area (Å²) in [5, 5.41) is 3.58. The first-order valence-electron chi connectivity index (χ1n) is 6.56. The van der Waals surface area contributed by atoms with Gasteiger partial charge in [-0.2, -0.15) is 4.98 Å². The summed E-state index contributed by atoms with van der Waals surface area (Å²) in [7, 11) is 3.90. The first-order valence-corrected chi connectivity index (χ1v) is 6.94. The van der Waals surface area contributed by atoms with Gasteiger partial charge in [-0.1, -0.05) is 31.4 Å². The maximum atomic E-state index is 6.22. The van der Waals surface area contributed by atoms with E-state index in [4.69, 9.17) is 11.6 Å². The lowest BCUT2D eigenvalue weighted by atomic mass is 9.85. The van der Waals surface area contributed by atoms with Gasteiger partial charge in [0.05, 0.1) is 6.20 Å². The summed E-state index contributed by atoms with van der Waals surface area (Å²) in [4.78, 5) is 10.8. The fourth-order valence-corrected chi connectivity index (χ4v) is 2.98. The van der Waals surface area contributed by atoms with E-state index >= 15 is 0 Å². The molecule has 1 heterocycles. The van der Waals surface area contributed by atoms with Crippen molar-refractivity contribution in [2.45, 2.75) is 38.6 Å². The number of hydrogen-bond acceptors (Lipinski definition) is 4. The van der Waals surface area contributed by atoms with Crippen LogP contribution in [0.2, 0.25) is 5.02 Å². The van der Waals surface area contributed by atoms with Crippen molar-refractivity contribution < 1.29 is 0 Å². The van der Waals surface area contributed by atoms with Gasteiger partial charge in [0.1, 0.15) is 5.02 Å². The summed E-state index contributed by atoms with van der Waals surface area (Å²) in [6.45, 7) is 2.31. The van der Waals surface area contributed by atoms with Crippen LogP contribution in [0, 0.1) is 5.92 Å². The molecule has 1 fully saturated rings. The molecular weight excluding hydrogens is 248 g/mol. The number of hydrogen-bond donors (Lipinski definition) is 1. The minimum atomic E-state index is 0.524. The third kappa shape index (κ3) is 2.69. The maximum absolute atomic E-state index is 6.22. The first kappa shape index (κ1) is 13.4. The Bertz CT molecular complexity index is 410. The third-order valence-corrected chi connectivity index (χ3v) is 4.11. The van der Waals surface area contributed by atoms with Crippen LogP contribution in [-0.4, -0.2) is 30.1 Å². The van der Waals surface area contributed by atoms with Crippen molar-refractivity contribution in [2.75, 3.05) is 24.3 Å². The molecule has 1 aromatic rings. The second-order valence-corrected chi connectivity index (χ2v) is 5.46. The van der Waals surface area contributed by atoms with Crippen molar-refractivity contribution in [2.24, 2.45) is 5.92 Å². The molecule has 100 valence electrons. The van der Waals surface area contributed by atoms with E-state index in [0.717, 1.165) is 5.82 Å². The van der Waals surface area contributed by atoms with Gasteiger partial charge in [0.25, 0.3) is 0 Å². The summed E-state index contributed by atoms with van der Waals surface area (Å²) < 4.78 is 0. The highest BCUT2D eigenvalue weighted by molar-refractivity contribution is 6.32. The number of anilines is 2. The molecule has 2 atom stereocenters. The van der Waals surface area contributed by atoms with E-state index in [1.54, 1.807) is 6.20 Å². The second-order valence-electron chi connectivity index (χ2n) is 5.06. The lowest BCUT2D eigenvalue weighted by Gasteiger charge is -2.37. The van der Waals surface area contributed by atoms with Gasteiger partial charge in [-0.3, -0.25) is 0 Å². The van der Waals surface area contributed by atoms with E-state index in [1.165, 1.54) is 25.7 Å². The molecule has 1 saturated carbocycles. The molecule has 0 bridgehead atoms. The molecule has 18 heavy (non-hydrogen) atoms. The monoisotopic (exact) mass is 268 g/mol. The van der Waals surface area contributed by atoms with Crippen molar-refractivity contribution >= 4 is 23.4 Å². The number of nitrogens with zero attached hydrogens (tertiary/aromatic N) is 3. The number of nitrogens with one attached hydrogen (secondary N) is 1. The van der Waals surface area contributed by atoms with Gasteiger partial charge in [-0.15, -0.1) is 0 Å². The Kier molecular flexibility index (Phi) is 4.27. The smallest absolute Gasteiger partial charge is 0.224 e. The zero-order chi connectivity index (χ0) is 13.1. The Labute approximate surface area is 114 Å². The molecule has 1 aliphatic carbocycles. The molecule has 0 spiro atoms. The summed E-state index contributed by atoms with van der Waals surface area (Å²) in [5.41, 5.74) is 0. The Hall–Kier alpha value is -1.03. The van der Waals surface area contributed by atoms with E-state index in [0.29, 0.717) is 22.9 Å². The van der Waals surface area contributed by atoms with Crippen LogP contribution in [0.1, 0.15) is 32.6 Å². The van der Waals surface area contributed by atoms with Gasteiger partial charge >= 0.3 is 0 Å². The largest absolute Gasteiger partial charge is 0.357 e. The van der Waals surface area contributed by atoms with Crippen LogP contribution in [0.25, 0.3) is 0 Å². The summed E-state index contributed by atoms with van der Waals surface area (Å²) in [5.74, 6) is 2.13. The van der Waals surface area contributed by atoms with Crippen LogP contribution in [0.15, 0.2) is 6.20 Å². The van der Waals surface area contributed by atoms with Gasteiger partial charge in [0.15, 0.2) is 5.82 Å². The predicted molar refractivity (Wildman–Crippen MR) is 76.4 cm³/mol. The second kappa shape index (κ2) is 5.74. The Morgan fingerprint density at radius 3 is 2.78 bits per heavy atom. The molecule has 0 amide bonds. The fourth-order valence-electron chi connectivity index (χ4n) is 2.76. The Balaban J connectivity index is 2.23. The van der Waals surface area contributed by atoms with Crippen LogP contribution in [-0.2, 0) is 0 Å². The Morgan fingerprint density at radius 1 is 1.39 bits per heavy atom. The highest BCUT2D eigenvalue weighted by atomic mass is 35.5. The van der Waals surface area contributed by atoms with Gasteiger partial charge < -0.3 is 10.2 Å². The van der Waals surface area contributed by atoms with Gasteiger partial charge in [0, 0.05) is 20.1 Å². The van der Waals surface area contributed by atoms with E-state index in [2.05, 4.69) is 34.2 Å². The number of rotatable bonds is 3. The van der Waals surface area contributed by atoms with Crippen LogP contribution < -0.4 is 10.2 Å². The van der Waals surface area contributed by atoms with E-state index < -0.39 is 0 Å². The highest BCUT2D eigenvalue weighted by Crippen LogP contribution is 2.32. The molecule has 0 aliphatic heterocycles. The summed E-state index contributed by atoms with van der Waals surface area (Å²) in [6, 6.07) is 0.524. The fraction of sp³-hybridized carbons (Fsp3) is 0.692. The molecule has 1 aromatic heterocycles.